The van der Waals surface area contributed by atoms with E-state index in [-0.39, 0.29) is 11.8 Å². The Balaban J connectivity index is 1.71. The Morgan fingerprint density at radius 1 is 1.39 bits per heavy atom. The van der Waals surface area contributed by atoms with Crippen LogP contribution in [0.15, 0.2) is 24.3 Å². The Bertz CT molecular complexity index is 599. The van der Waals surface area contributed by atoms with E-state index in [2.05, 4.69) is 5.32 Å². The van der Waals surface area contributed by atoms with Gasteiger partial charge < -0.3 is 15.3 Å². The van der Waals surface area contributed by atoms with Crippen molar-refractivity contribution in [2.45, 2.75) is 38.7 Å². The molecule has 2 N–H and O–H groups in total. The van der Waals surface area contributed by atoms with Crippen LogP contribution in [0.1, 0.15) is 30.4 Å². The summed E-state index contributed by atoms with van der Waals surface area (Å²) in [5, 5.41) is 13.2. The van der Waals surface area contributed by atoms with Gasteiger partial charge in [0.1, 0.15) is 0 Å². The van der Waals surface area contributed by atoms with Crippen LogP contribution in [0.5, 0.6) is 0 Å². The van der Waals surface area contributed by atoms with Crippen LogP contribution in [-0.4, -0.2) is 47.6 Å². The van der Waals surface area contributed by atoms with Gasteiger partial charge in [0.2, 0.25) is 11.8 Å². The molecule has 124 valence electrons. The minimum Gasteiger partial charge on any atom is -0.392 e. The smallest absolute Gasteiger partial charge is 0.230 e. The van der Waals surface area contributed by atoms with E-state index in [1.54, 1.807) is 4.90 Å². The zero-order chi connectivity index (χ0) is 16.4. The van der Waals surface area contributed by atoms with Gasteiger partial charge in [-0.25, -0.2) is 0 Å². The molecule has 1 spiro atoms. The molecule has 2 atom stereocenters. The number of aliphatic hydroxyl groups excluding tert-OH is 1. The molecule has 2 aliphatic rings. The third-order valence-corrected chi connectivity index (χ3v) is 5.15. The van der Waals surface area contributed by atoms with Gasteiger partial charge in [-0.2, -0.15) is 0 Å². The summed E-state index contributed by atoms with van der Waals surface area (Å²) in [5.74, 6) is -0.0809. The molecule has 1 aromatic carbocycles. The van der Waals surface area contributed by atoms with Crippen molar-refractivity contribution in [3.63, 3.8) is 0 Å². The van der Waals surface area contributed by atoms with Crippen molar-refractivity contribution in [3.05, 3.63) is 35.4 Å². The van der Waals surface area contributed by atoms with Crippen molar-refractivity contribution >= 4 is 11.8 Å². The third kappa shape index (κ3) is 3.11. The molecule has 2 saturated heterocycles. The highest BCUT2D eigenvalue weighted by atomic mass is 16.3. The van der Waals surface area contributed by atoms with Gasteiger partial charge in [0.15, 0.2) is 0 Å². The number of rotatable bonds is 2. The van der Waals surface area contributed by atoms with Gasteiger partial charge in [0, 0.05) is 19.6 Å². The van der Waals surface area contributed by atoms with Gasteiger partial charge in [-0.1, -0.05) is 29.8 Å². The van der Waals surface area contributed by atoms with Gasteiger partial charge in [0.05, 0.1) is 17.9 Å². The minimum absolute atomic E-state index is 0.0264. The maximum absolute atomic E-state index is 12.6. The fourth-order valence-corrected chi connectivity index (χ4v) is 3.65. The average Bonchev–Trinajstić information content (AvgIpc) is 2.55. The van der Waals surface area contributed by atoms with E-state index < -0.39 is 11.5 Å². The molecule has 3 rings (SSSR count). The van der Waals surface area contributed by atoms with Crippen molar-refractivity contribution in [2.75, 3.05) is 19.6 Å². The molecule has 0 radical (unpaired) electrons. The van der Waals surface area contributed by atoms with E-state index in [1.165, 1.54) is 5.56 Å². The largest absolute Gasteiger partial charge is 0.392 e. The fraction of sp³-hybridized carbons (Fsp3) is 0.556. The molecule has 0 aliphatic carbocycles. The Hall–Kier alpha value is -1.88. The Labute approximate surface area is 136 Å². The van der Waals surface area contributed by atoms with E-state index >= 15 is 0 Å². The number of likely N-dealkylation sites (tertiary alicyclic amines) is 1. The predicted molar refractivity (Wildman–Crippen MR) is 86.8 cm³/mol. The summed E-state index contributed by atoms with van der Waals surface area (Å²) in [5.41, 5.74) is 1.33. The number of nitrogens with one attached hydrogen (secondary N) is 1. The second kappa shape index (κ2) is 6.32. The van der Waals surface area contributed by atoms with Crippen LogP contribution in [0, 0.1) is 12.3 Å². The first kappa shape index (κ1) is 16.0. The highest BCUT2D eigenvalue weighted by molar-refractivity contribution is 5.86. The van der Waals surface area contributed by atoms with Crippen molar-refractivity contribution in [2.24, 2.45) is 5.41 Å². The zero-order valence-corrected chi connectivity index (χ0v) is 13.5. The lowest BCUT2D eigenvalue weighted by Crippen LogP contribution is -2.62. The SMILES string of the molecule is Cc1ccc(CC(=O)N2CC[C@H](O)[C@@]3(CCCNC3=O)C2)cc1. The molecule has 0 unspecified atom stereocenters. The second-order valence-corrected chi connectivity index (χ2v) is 6.80. The minimum atomic E-state index is -0.820. The van der Waals surface area contributed by atoms with Crippen molar-refractivity contribution in [1.29, 1.82) is 0 Å². The van der Waals surface area contributed by atoms with Crippen LogP contribution in [0.25, 0.3) is 0 Å². The van der Waals surface area contributed by atoms with Gasteiger partial charge in [0.25, 0.3) is 0 Å². The van der Waals surface area contributed by atoms with Crippen molar-refractivity contribution in [1.82, 2.24) is 10.2 Å². The number of carbonyl (C=O) groups excluding carboxylic acids is 2. The van der Waals surface area contributed by atoms with Crippen LogP contribution in [0.2, 0.25) is 0 Å². The number of piperidine rings is 2. The molecule has 0 bridgehead atoms. The molecule has 5 nitrogen and oxygen atoms in total. The highest BCUT2D eigenvalue weighted by Gasteiger charge is 2.50. The number of aliphatic hydroxyl groups is 1. The Kier molecular flexibility index (Phi) is 4.39. The lowest BCUT2D eigenvalue weighted by atomic mass is 9.71. The predicted octanol–water partition coefficient (Wildman–Crippen LogP) is 1.03. The highest BCUT2D eigenvalue weighted by Crippen LogP contribution is 2.37. The number of carbonyl (C=O) groups is 2. The topological polar surface area (TPSA) is 69.6 Å². The van der Waals surface area contributed by atoms with Crippen LogP contribution >= 0.6 is 0 Å². The van der Waals surface area contributed by atoms with Crippen molar-refractivity contribution in [3.8, 4) is 0 Å². The summed E-state index contributed by atoms with van der Waals surface area (Å²) in [6, 6.07) is 7.93. The quantitative estimate of drug-likeness (QED) is 0.856. The van der Waals surface area contributed by atoms with Gasteiger partial charge >= 0.3 is 0 Å². The Morgan fingerprint density at radius 2 is 2.13 bits per heavy atom. The lowest BCUT2D eigenvalue weighted by Gasteiger charge is -2.46. The molecule has 2 amide bonds. The zero-order valence-electron chi connectivity index (χ0n) is 13.5. The number of amides is 2. The first-order valence-corrected chi connectivity index (χ1v) is 8.31. The van der Waals surface area contributed by atoms with Crippen LogP contribution < -0.4 is 5.32 Å². The molecular weight excluding hydrogens is 292 g/mol. The first-order chi connectivity index (χ1) is 11.0. The third-order valence-electron chi connectivity index (χ3n) is 5.15. The second-order valence-electron chi connectivity index (χ2n) is 6.80. The molecule has 2 heterocycles. The summed E-state index contributed by atoms with van der Waals surface area (Å²) in [6.07, 6.45) is 1.64. The van der Waals surface area contributed by atoms with Crippen LogP contribution in [0.3, 0.4) is 0 Å². The number of benzene rings is 1. The number of hydrogen-bond acceptors (Lipinski definition) is 3. The fourth-order valence-electron chi connectivity index (χ4n) is 3.65. The summed E-state index contributed by atoms with van der Waals surface area (Å²) in [4.78, 5) is 26.7. The van der Waals surface area contributed by atoms with E-state index in [0.29, 0.717) is 38.9 Å². The summed E-state index contributed by atoms with van der Waals surface area (Å²) >= 11 is 0. The molecule has 5 heteroatoms. The van der Waals surface area contributed by atoms with Gasteiger partial charge in [-0.3, -0.25) is 9.59 Å². The normalized spacial score (nSPS) is 27.8. The van der Waals surface area contributed by atoms with Crippen LogP contribution in [-0.2, 0) is 16.0 Å². The van der Waals surface area contributed by atoms with E-state index in [1.807, 2.05) is 31.2 Å². The number of nitrogens with zero attached hydrogens (tertiary/aromatic N) is 1. The molecule has 23 heavy (non-hydrogen) atoms. The molecule has 0 saturated carbocycles. The van der Waals surface area contributed by atoms with Gasteiger partial charge in [-0.05, 0) is 31.7 Å². The maximum atomic E-state index is 12.6. The van der Waals surface area contributed by atoms with E-state index in [4.69, 9.17) is 0 Å². The average molecular weight is 316 g/mol. The summed E-state index contributed by atoms with van der Waals surface area (Å²) in [6.45, 7) is 3.51. The van der Waals surface area contributed by atoms with E-state index in [9.17, 15) is 14.7 Å². The first-order valence-electron chi connectivity index (χ1n) is 8.31. The molecule has 1 aromatic rings. The summed E-state index contributed by atoms with van der Waals surface area (Å²) < 4.78 is 0. The standard InChI is InChI=1S/C18H24N2O3/c1-13-3-5-14(6-4-13)11-16(22)20-10-7-15(21)18(12-20)8-2-9-19-17(18)23/h3-6,15,21H,2,7-12H2,1H3,(H,19,23)/t15-,18+/m0/s1. The number of hydrogen-bond donors (Lipinski definition) is 2. The molecule has 2 aliphatic heterocycles. The lowest BCUT2D eigenvalue weighted by molar-refractivity contribution is -0.154. The monoisotopic (exact) mass is 316 g/mol. The van der Waals surface area contributed by atoms with E-state index in [0.717, 1.165) is 12.0 Å². The maximum Gasteiger partial charge on any atom is 0.230 e. The molecule has 0 aromatic heterocycles. The molecule has 2 fully saturated rings. The van der Waals surface area contributed by atoms with Crippen molar-refractivity contribution < 1.29 is 14.7 Å². The van der Waals surface area contributed by atoms with Crippen LogP contribution in [0.4, 0.5) is 0 Å². The van der Waals surface area contributed by atoms with Gasteiger partial charge in [-0.15, -0.1) is 0 Å². The molecular formula is C18H24N2O3. The number of aryl methyl sites for hydroxylation is 1. The Morgan fingerprint density at radius 3 is 2.83 bits per heavy atom. The summed E-state index contributed by atoms with van der Waals surface area (Å²) in [7, 11) is 0.